The summed E-state index contributed by atoms with van der Waals surface area (Å²) in [5, 5.41) is 0. The molecule has 2 rings (SSSR count). The Hall–Kier alpha value is -0.750. The van der Waals surface area contributed by atoms with E-state index >= 15 is 0 Å². The van der Waals surface area contributed by atoms with Crippen LogP contribution < -0.4 is 5.73 Å². The molecule has 0 saturated carbocycles. The van der Waals surface area contributed by atoms with Crippen molar-refractivity contribution in [1.82, 2.24) is 9.80 Å². The van der Waals surface area contributed by atoms with Gasteiger partial charge >= 0.3 is 0 Å². The Balaban J connectivity index is 2.19. The van der Waals surface area contributed by atoms with Crippen molar-refractivity contribution in [2.75, 3.05) is 25.4 Å². The molecule has 1 spiro atoms. The first-order valence-corrected chi connectivity index (χ1v) is 8.02. The fourth-order valence-corrected chi connectivity index (χ4v) is 3.96. The highest BCUT2D eigenvalue weighted by Gasteiger charge is 2.54. The van der Waals surface area contributed by atoms with Gasteiger partial charge in [0.25, 0.3) is 0 Å². The molecule has 0 aromatic carbocycles. The number of amides is 2. The lowest BCUT2D eigenvalue weighted by Crippen LogP contribution is -2.55. The third-order valence-corrected chi connectivity index (χ3v) is 4.86. The summed E-state index contributed by atoms with van der Waals surface area (Å²) in [7, 11) is 0. The first kappa shape index (κ1) is 15.6. The van der Waals surface area contributed by atoms with Crippen LogP contribution in [0.25, 0.3) is 0 Å². The summed E-state index contributed by atoms with van der Waals surface area (Å²) >= 11 is 4.17. The van der Waals surface area contributed by atoms with E-state index in [2.05, 4.69) is 31.4 Å². The maximum absolute atomic E-state index is 12.9. The molecule has 2 fully saturated rings. The normalized spacial score (nSPS) is 28.8. The minimum atomic E-state index is -0.577. The van der Waals surface area contributed by atoms with Gasteiger partial charge in [0.05, 0.1) is 0 Å². The summed E-state index contributed by atoms with van der Waals surface area (Å²) in [6.07, 6.45) is 2.75. The average Bonchev–Trinajstić information content (AvgIpc) is 2.89. The molecule has 0 aromatic rings. The molecule has 2 atom stereocenters. The second-order valence-corrected chi connectivity index (χ2v) is 6.69. The predicted octanol–water partition coefficient (Wildman–Crippen LogP) is 0.493. The fourth-order valence-electron chi connectivity index (χ4n) is 3.59. The van der Waals surface area contributed by atoms with Crippen LogP contribution in [0, 0.1) is 5.92 Å². The maximum Gasteiger partial charge on any atom is 0.243 e. The van der Waals surface area contributed by atoms with Gasteiger partial charge in [0.15, 0.2) is 0 Å². The zero-order chi connectivity index (χ0) is 14.9. The molecule has 2 N–H and O–H groups in total. The van der Waals surface area contributed by atoms with Crippen LogP contribution in [0.15, 0.2) is 0 Å². The van der Waals surface area contributed by atoms with E-state index in [1.807, 2.05) is 0 Å². The zero-order valence-electron chi connectivity index (χ0n) is 12.3. The topological polar surface area (TPSA) is 66.6 Å². The van der Waals surface area contributed by atoms with Crippen molar-refractivity contribution >= 4 is 24.4 Å². The van der Waals surface area contributed by atoms with Crippen LogP contribution in [0.3, 0.4) is 0 Å². The molecule has 0 radical (unpaired) electrons. The summed E-state index contributed by atoms with van der Waals surface area (Å²) in [5.74, 6) is 0.442. The van der Waals surface area contributed by atoms with Gasteiger partial charge in [-0.3, -0.25) is 14.5 Å². The summed E-state index contributed by atoms with van der Waals surface area (Å²) in [4.78, 5) is 28.3. The van der Waals surface area contributed by atoms with Gasteiger partial charge in [0.1, 0.15) is 11.6 Å². The third-order valence-electron chi connectivity index (χ3n) is 4.51. The smallest absolute Gasteiger partial charge is 0.243 e. The van der Waals surface area contributed by atoms with Gasteiger partial charge in [0.2, 0.25) is 11.8 Å². The van der Waals surface area contributed by atoms with E-state index in [-0.39, 0.29) is 11.4 Å². The van der Waals surface area contributed by atoms with E-state index < -0.39 is 11.9 Å². The van der Waals surface area contributed by atoms with E-state index in [0.29, 0.717) is 18.2 Å². The molecular weight excluding hydrogens is 274 g/mol. The molecule has 0 aromatic heterocycles. The van der Waals surface area contributed by atoms with Crippen molar-refractivity contribution < 1.29 is 9.59 Å². The number of hydrogen-bond acceptors (Lipinski definition) is 4. The Morgan fingerprint density at radius 1 is 1.40 bits per heavy atom. The molecule has 2 heterocycles. The van der Waals surface area contributed by atoms with Gasteiger partial charge in [-0.2, -0.15) is 12.6 Å². The largest absolute Gasteiger partial charge is 0.368 e. The average molecular weight is 299 g/mol. The zero-order valence-corrected chi connectivity index (χ0v) is 13.2. The second-order valence-electron chi connectivity index (χ2n) is 6.32. The highest BCUT2D eigenvalue weighted by atomic mass is 32.1. The van der Waals surface area contributed by atoms with E-state index in [4.69, 9.17) is 5.73 Å². The van der Waals surface area contributed by atoms with Crippen molar-refractivity contribution in [3.8, 4) is 0 Å². The van der Waals surface area contributed by atoms with Crippen molar-refractivity contribution in [3.05, 3.63) is 0 Å². The molecule has 0 aliphatic carbocycles. The molecule has 2 aliphatic heterocycles. The predicted molar refractivity (Wildman–Crippen MR) is 81.5 cm³/mol. The Morgan fingerprint density at radius 3 is 2.65 bits per heavy atom. The summed E-state index contributed by atoms with van der Waals surface area (Å²) in [5.41, 5.74) is 5.01. The molecule has 2 amide bonds. The van der Waals surface area contributed by atoms with Gasteiger partial charge in [-0.05, 0) is 31.7 Å². The number of rotatable bonds is 5. The number of carbonyl (C=O) groups is 2. The Kier molecular flexibility index (Phi) is 4.64. The first-order chi connectivity index (χ1) is 9.42. The SMILES string of the molecule is CC(C)CN1CCCC12CCN([C@@H](CS)C(N)=O)C2=O. The minimum Gasteiger partial charge on any atom is -0.368 e. The Bertz CT molecular complexity index is 402. The highest BCUT2D eigenvalue weighted by Crippen LogP contribution is 2.39. The van der Waals surface area contributed by atoms with Gasteiger partial charge in [-0.1, -0.05) is 13.8 Å². The molecule has 1 unspecified atom stereocenters. The Labute approximate surface area is 126 Å². The monoisotopic (exact) mass is 299 g/mol. The number of nitrogens with zero attached hydrogens (tertiary/aromatic N) is 2. The Morgan fingerprint density at radius 2 is 2.10 bits per heavy atom. The molecule has 2 aliphatic rings. The van der Waals surface area contributed by atoms with Crippen molar-refractivity contribution in [2.45, 2.75) is 44.7 Å². The van der Waals surface area contributed by atoms with Crippen LogP contribution >= 0.6 is 12.6 Å². The number of primary amides is 1. The number of carbonyl (C=O) groups excluding carboxylic acids is 2. The van der Waals surface area contributed by atoms with Crippen LogP contribution in [-0.2, 0) is 9.59 Å². The number of hydrogen-bond donors (Lipinski definition) is 2. The van der Waals surface area contributed by atoms with Crippen LogP contribution in [0.1, 0.15) is 33.1 Å². The molecule has 20 heavy (non-hydrogen) atoms. The second kappa shape index (κ2) is 5.93. The van der Waals surface area contributed by atoms with Crippen LogP contribution in [-0.4, -0.2) is 58.6 Å². The lowest BCUT2D eigenvalue weighted by atomic mass is 9.93. The van der Waals surface area contributed by atoms with Crippen molar-refractivity contribution in [1.29, 1.82) is 0 Å². The van der Waals surface area contributed by atoms with Crippen molar-refractivity contribution in [3.63, 3.8) is 0 Å². The number of nitrogens with two attached hydrogens (primary N) is 1. The minimum absolute atomic E-state index is 0.0773. The van der Waals surface area contributed by atoms with E-state index in [1.54, 1.807) is 4.90 Å². The number of likely N-dealkylation sites (tertiary alicyclic amines) is 2. The lowest BCUT2D eigenvalue weighted by Gasteiger charge is -2.35. The van der Waals surface area contributed by atoms with Gasteiger partial charge in [-0.15, -0.1) is 0 Å². The fraction of sp³-hybridized carbons (Fsp3) is 0.857. The maximum atomic E-state index is 12.9. The molecular formula is C14H25N3O2S. The molecule has 5 nitrogen and oxygen atoms in total. The van der Waals surface area contributed by atoms with E-state index in [0.717, 1.165) is 32.4 Å². The quantitative estimate of drug-likeness (QED) is 0.726. The number of thiol groups is 1. The van der Waals surface area contributed by atoms with Gasteiger partial charge < -0.3 is 10.6 Å². The van der Waals surface area contributed by atoms with E-state index in [9.17, 15) is 9.59 Å². The lowest BCUT2D eigenvalue weighted by molar-refractivity contribution is -0.142. The molecule has 6 heteroatoms. The van der Waals surface area contributed by atoms with E-state index in [1.165, 1.54) is 0 Å². The van der Waals surface area contributed by atoms with Crippen LogP contribution in [0.2, 0.25) is 0 Å². The van der Waals surface area contributed by atoms with Gasteiger partial charge in [0, 0.05) is 18.8 Å². The molecule has 2 saturated heterocycles. The summed E-state index contributed by atoms with van der Waals surface area (Å²) in [6, 6.07) is -0.577. The van der Waals surface area contributed by atoms with Crippen LogP contribution in [0.4, 0.5) is 0 Å². The summed E-state index contributed by atoms with van der Waals surface area (Å²) in [6.45, 7) is 6.86. The third kappa shape index (κ3) is 2.55. The molecule has 114 valence electrons. The van der Waals surface area contributed by atoms with Gasteiger partial charge in [-0.25, -0.2) is 0 Å². The van der Waals surface area contributed by atoms with Crippen LogP contribution in [0.5, 0.6) is 0 Å². The summed E-state index contributed by atoms with van der Waals surface area (Å²) < 4.78 is 0. The standard InChI is InChI=1S/C14H25N3O2S/c1-10(2)8-16-6-3-4-14(16)5-7-17(13(14)19)11(9-20)12(15)18/h10-11,20H,3-9H2,1-2H3,(H2,15,18)/t11-,14?/m0/s1. The molecule has 0 bridgehead atoms. The highest BCUT2D eigenvalue weighted by molar-refractivity contribution is 7.80. The van der Waals surface area contributed by atoms with Crippen molar-refractivity contribution in [2.24, 2.45) is 11.7 Å². The first-order valence-electron chi connectivity index (χ1n) is 7.38.